The lowest BCUT2D eigenvalue weighted by Crippen LogP contribution is -2.49. The Morgan fingerprint density at radius 3 is 2.92 bits per heavy atom. The van der Waals surface area contributed by atoms with E-state index in [2.05, 4.69) is 10.2 Å². The molecule has 2 aromatic rings. The quantitative estimate of drug-likeness (QED) is 0.752. The number of esters is 1. The highest BCUT2D eigenvalue weighted by Crippen LogP contribution is 2.25. The maximum Gasteiger partial charge on any atom is 0.339 e. The molecule has 0 unspecified atom stereocenters. The Hall–Kier alpha value is -2.74. The van der Waals surface area contributed by atoms with Crippen LogP contribution in [0.4, 0.5) is 0 Å². The summed E-state index contributed by atoms with van der Waals surface area (Å²) in [5.41, 5.74) is 1.35. The standard InChI is InChI=1S/C17H17N3O5/c1-10-18-19-15(24-10)14-9-20(6-7-23-14)16(21)13-8-11-4-2-3-5-12(11)17(22)25-13/h2-5,13-14H,6-9H2,1H3/t13-,14+/m1/s1. The molecule has 0 bridgehead atoms. The Balaban J connectivity index is 1.48. The van der Waals surface area contributed by atoms with Gasteiger partial charge in [-0.2, -0.15) is 0 Å². The molecule has 0 saturated carbocycles. The summed E-state index contributed by atoms with van der Waals surface area (Å²) in [7, 11) is 0. The zero-order valence-corrected chi connectivity index (χ0v) is 13.7. The molecule has 1 aromatic heterocycles. The summed E-state index contributed by atoms with van der Waals surface area (Å²) in [5, 5.41) is 7.74. The molecule has 8 heteroatoms. The second-order valence-corrected chi connectivity index (χ2v) is 6.06. The van der Waals surface area contributed by atoms with Crippen molar-refractivity contribution in [2.75, 3.05) is 19.7 Å². The van der Waals surface area contributed by atoms with Crippen LogP contribution in [0.1, 0.15) is 33.8 Å². The number of hydrogen-bond donors (Lipinski definition) is 0. The number of morpholine rings is 1. The van der Waals surface area contributed by atoms with Crippen molar-refractivity contribution in [1.82, 2.24) is 15.1 Å². The summed E-state index contributed by atoms with van der Waals surface area (Å²) in [6, 6.07) is 7.18. The van der Waals surface area contributed by atoms with E-state index in [-0.39, 0.29) is 12.5 Å². The fourth-order valence-electron chi connectivity index (χ4n) is 3.11. The topological polar surface area (TPSA) is 94.8 Å². The number of amides is 1. The van der Waals surface area contributed by atoms with Gasteiger partial charge < -0.3 is 18.8 Å². The van der Waals surface area contributed by atoms with E-state index in [1.807, 2.05) is 12.1 Å². The van der Waals surface area contributed by atoms with Crippen molar-refractivity contribution in [2.45, 2.75) is 25.6 Å². The van der Waals surface area contributed by atoms with E-state index in [9.17, 15) is 9.59 Å². The van der Waals surface area contributed by atoms with Gasteiger partial charge in [0, 0.05) is 19.9 Å². The number of ether oxygens (including phenoxy) is 2. The minimum atomic E-state index is -0.814. The van der Waals surface area contributed by atoms with Crippen molar-refractivity contribution >= 4 is 11.9 Å². The van der Waals surface area contributed by atoms with Crippen LogP contribution in [0.25, 0.3) is 0 Å². The van der Waals surface area contributed by atoms with Crippen molar-refractivity contribution in [3.8, 4) is 0 Å². The fraction of sp³-hybridized carbons (Fsp3) is 0.412. The first-order chi connectivity index (χ1) is 12.1. The number of rotatable bonds is 2. The van der Waals surface area contributed by atoms with Crippen LogP contribution in [0.15, 0.2) is 28.7 Å². The lowest BCUT2D eigenvalue weighted by molar-refractivity contribution is -0.149. The summed E-state index contributed by atoms with van der Waals surface area (Å²) in [6.07, 6.45) is -0.904. The summed E-state index contributed by atoms with van der Waals surface area (Å²) < 4.78 is 16.4. The van der Waals surface area contributed by atoms with Crippen molar-refractivity contribution in [1.29, 1.82) is 0 Å². The number of cyclic esters (lactones) is 1. The van der Waals surface area contributed by atoms with Crippen LogP contribution in [0, 0.1) is 6.92 Å². The van der Waals surface area contributed by atoms with Crippen LogP contribution >= 0.6 is 0 Å². The van der Waals surface area contributed by atoms with Crippen LogP contribution < -0.4 is 0 Å². The zero-order chi connectivity index (χ0) is 17.4. The first kappa shape index (κ1) is 15.8. The lowest BCUT2D eigenvalue weighted by atomic mass is 9.98. The van der Waals surface area contributed by atoms with Crippen molar-refractivity contribution < 1.29 is 23.5 Å². The number of benzene rings is 1. The van der Waals surface area contributed by atoms with Gasteiger partial charge in [0.2, 0.25) is 11.8 Å². The Morgan fingerprint density at radius 1 is 1.28 bits per heavy atom. The molecule has 0 N–H and O–H groups in total. The molecule has 2 aliphatic heterocycles. The maximum atomic E-state index is 12.8. The highest BCUT2D eigenvalue weighted by atomic mass is 16.6. The van der Waals surface area contributed by atoms with E-state index in [0.717, 1.165) is 5.56 Å². The largest absolute Gasteiger partial charge is 0.448 e. The Kier molecular flexibility index (Phi) is 3.96. The minimum Gasteiger partial charge on any atom is -0.448 e. The van der Waals surface area contributed by atoms with Crippen LogP contribution in [0.3, 0.4) is 0 Å². The smallest absolute Gasteiger partial charge is 0.339 e. The molecular weight excluding hydrogens is 326 g/mol. The number of fused-ring (bicyclic) bond motifs is 1. The lowest BCUT2D eigenvalue weighted by Gasteiger charge is -2.34. The van der Waals surface area contributed by atoms with Crippen molar-refractivity contribution in [3.63, 3.8) is 0 Å². The molecule has 1 amide bonds. The van der Waals surface area contributed by atoms with E-state index < -0.39 is 18.2 Å². The molecule has 25 heavy (non-hydrogen) atoms. The highest BCUT2D eigenvalue weighted by molar-refractivity contribution is 5.95. The van der Waals surface area contributed by atoms with Crippen LogP contribution in [-0.4, -0.2) is 52.8 Å². The first-order valence-electron chi connectivity index (χ1n) is 8.11. The van der Waals surface area contributed by atoms with E-state index in [0.29, 0.717) is 36.9 Å². The van der Waals surface area contributed by atoms with E-state index in [4.69, 9.17) is 13.9 Å². The van der Waals surface area contributed by atoms with Gasteiger partial charge in [0.25, 0.3) is 5.91 Å². The average molecular weight is 343 g/mol. The van der Waals surface area contributed by atoms with Gasteiger partial charge in [0.05, 0.1) is 18.7 Å². The number of nitrogens with zero attached hydrogens (tertiary/aromatic N) is 3. The predicted octanol–water partition coefficient (Wildman–Crippen LogP) is 1.06. The molecule has 3 heterocycles. The van der Waals surface area contributed by atoms with Gasteiger partial charge >= 0.3 is 5.97 Å². The molecule has 0 radical (unpaired) electrons. The van der Waals surface area contributed by atoms with Gasteiger partial charge in [0.1, 0.15) is 0 Å². The summed E-state index contributed by atoms with van der Waals surface area (Å²) >= 11 is 0. The first-order valence-corrected chi connectivity index (χ1v) is 8.11. The molecular formula is C17H17N3O5. The van der Waals surface area contributed by atoms with Gasteiger partial charge in [-0.1, -0.05) is 18.2 Å². The molecule has 1 aromatic carbocycles. The van der Waals surface area contributed by atoms with Gasteiger partial charge in [-0.25, -0.2) is 4.79 Å². The molecule has 1 saturated heterocycles. The predicted molar refractivity (Wildman–Crippen MR) is 83.7 cm³/mol. The molecule has 2 aliphatic rings. The van der Waals surface area contributed by atoms with Crippen molar-refractivity contribution in [3.05, 3.63) is 47.2 Å². The molecule has 0 aliphatic carbocycles. The zero-order valence-electron chi connectivity index (χ0n) is 13.7. The third kappa shape index (κ3) is 3.00. The summed E-state index contributed by atoms with van der Waals surface area (Å²) in [5.74, 6) is 0.103. The summed E-state index contributed by atoms with van der Waals surface area (Å²) in [4.78, 5) is 26.6. The van der Waals surface area contributed by atoms with E-state index in [1.54, 1.807) is 24.0 Å². The second-order valence-electron chi connectivity index (χ2n) is 6.06. The summed E-state index contributed by atoms with van der Waals surface area (Å²) in [6.45, 7) is 2.77. The minimum absolute atomic E-state index is 0.229. The SMILES string of the molecule is Cc1nnc([C@@H]2CN(C(=O)[C@H]3Cc4ccccc4C(=O)O3)CCO2)o1. The molecule has 4 rings (SSSR count). The average Bonchev–Trinajstić information content (AvgIpc) is 3.08. The van der Waals surface area contributed by atoms with E-state index >= 15 is 0 Å². The Morgan fingerprint density at radius 2 is 2.12 bits per heavy atom. The van der Waals surface area contributed by atoms with Crippen LogP contribution in [0.5, 0.6) is 0 Å². The van der Waals surface area contributed by atoms with Gasteiger partial charge in [-0.3, -0.25) is 4.79 Å². The maximum absolute atomic E-state index is 12.8. The number of aromatic nitrogens is 2. The van der Waals surface area contributed by atoms with Crippen LogP contribution in [-0.2, 0) is 20.7 Å². The molecule has 1 fully saturated rings. The molecule has 8 nitrogen and oxygen atoms in total. The molecule has 0 spiro atoms. The number of aryl methyl sites for hydroxylation is 1. The number of carbonyl (C=O) groups excluding carboxylic acids is 2. The third-order valence-electron chi connectivity index (χ3n) is 4.36. The number of hydrogen-bond acceptors (Lipinski definition) is 7. The van der Waals surface area contributed by atoms with Gasteiger partial charge in [0.15, 0.2) is 12.2 Å². The molecule has 2 atom stereocenters. The van der Waals surface area contributed by atoms with Crippen molar-refractivity contribution in [2.24, 2.45) is 0 Å². The van der Waals surface area contributed by atoms with Crippen LogP contribution in [0.2, 0.25) is 0 Å². The van der Waals surface area contributed by atoms with Gasteiger partial charge in [-0.05, 0) is 11.6 Å². The molecule has 130 valence electrons. The second kappa shape index (κ2) is 6.29. The highest BCUT2D eigenvalue weighted by Gasteiger charge is 2.37. The Bertz CT molecular complexity index is 818. The normalized spacial score (nSPS) is 23.1. The fourth-order valence-corrected chi connectivity index (χ4v) is 3.11. The third-order valence-corrected chi connectivity index (χ3v) is 4.36. The Labute approximate surface area is 143 Å². The van der Waals surface area contributed by atoms with E-state index in [1.165, 1.54) is 0 Å². The number of carbonyl (C=O) groups is 2. The monoisotopic (exact) mass is 343 g/mol. The van der Waals surface area contributed by atoms with Gasteiger partial charge in [-0.15, -0.1) is 10.2 Å².